The third-order valence-electron chi connectivity index (χ3n) is 6.49. The number of nitrogens with one attached hydrogen (secondary N) is 1. The number of benzene rings is 2. The molecule has 0 bridgehead atoms. The van der Waals surface area contributed by atoms with Gasteiger partial charge in [-0.15, -0.1) is 11.6 Å². The normalized spacial score (nSPS) is 13.1. The van der Waals surface area contributed by atoms with Crippen molar-refractivity contribution in [1.82, 2.24) is 0 Å². The van der Waals surface area contributed by atoms with Crippen LogP contribution in [-0.2, 0) is 23.9 Å². The number of amides is 1. The zero-order valence-corrected chi connectivity index (χ0v) is 24.4. The summed E-state index contributed by atoms with van der Waals surface area (Å²) in [5.74, 6) is -5.43. The summed E-state index contributed by atoms with van der Waals surface area (Å²) in [6.07, 6.45) is 9.97. The highest BCUT2D eigenvalue weighted by atomic mass is 35.5. The van der Waals surface area contributed by atoms with Crippen molar-refractivity contribution in [2.24, 2.45) is 5.92 Å². The number of hydrogen-bond acceptors (Lipinski definition) is 6. The van der Waals surface area contributed by atoms with Gasteiger partial charge in [0.2, 0.25) is 12.0 Å². The van der Waals surface area contributed by atoms with Gasteiger partial charge in [0, 0.05) is 11.3 Å². The first-order chi connectivity index (χ1) is 19.3. The van der Waals surface area contributed by atoms with Crippen molar-refractivity contribution in [2.75, 3.05) is 11.9 Å². The minimum absolute atomic E-state index is 0.159. The number of carbonyl (C=O) groups is 4. The minimum Gasteiger partial charge on any atom is -0.463 e. The average Bonchev–Trinajstić information content (AvgIpc) is 2.95. The van der Waals surface area contributed by atoms with Crippen molar-refractivity contribution in [3.63, 3.8) is 0 Å². The van der Waals surface area contributed by atoms with Gasteiger partial charge in [-0.1, -0.05) is 113 Å². The first kappa shape index (κ1) is 33.0. The second kappa shape index (κ2) is 19.0. The van der Waals surface area contributed by atoms with Gasteiger partial charge in [-0.05, 0) is 25.5 Å². The van der Waals surface area contributed by atoms with Crippen LogP contribution in [0, 0.1) is 5.92 Å². The van der Waals surface area contributed by atoms with E-state index in [1.54, 1.807) is 48.5 Å². The maximum atomic E-state index is 13.2. The van der Waals surface area contributed by atoms with E-state index >= 15 is 0 Å². The molecule has 0 heterocycles. The molecule has 0 radical (unpaired) electrons. The maximum Gasteiger partial charge on any atom is 0.349 e. The van der Waals surface area contributed by atoms with E-state index in [2.05, 4.69) is 12.2 Å². The fourth-order valence-electron chi connectivity index (χ4n) is 4.21. The van der Waals surface area contributed by atoms with Gasteiger partial charge in [0.05, 0.1) is 12.0 Å². The molecule has 7 nitrogen and oxygen atoms in total. The van der Waals surface area contributed by atoms with E-state index in [-0.39, 0.29) is 12.2 Å². The van der Waals surface area contributed by atoms with Gasteiger partial charge >= 0.3 is 11.9 Å². The third kappa shape index (κ3) is 11.9. The quantitative estimate of drug-likeness (QED) is 0.0633. The van der Waals surface area contributed by atoms with Gasteiger partial charge in [0.15, 0.2) is 11.7 Å². The molecule has 2 rings (SSSR count). The molecule has 0 aromatic heterocycles. The van der Waals surface area contributed by atoms with Gasteiger partial charge in [-0.2, -0.15) is 0 Å². The topological polar surface area (TPSA) is 98.8 Å². The lowest BCUT2D eigenvalue weighted by Crippen LogP contribution is -2.43. The molecule has 1 amide bonds. The number of para-hydroxylation sites is 1. The Morgan fingerprint density at radius 1 is 0.750 bits per heavy atom. The summed E-state index contributed by atoms with van der Waals surface area (Å²) in [5.41, 5.74) is 0.566. The Labute approximate surface area is 243 Å². The molecule has 40 heavy (non-hydrogen) atoms. The predicted octanol–water partition coefficient (Wildman–Crippen LogP) is 7.13. The molecule has 218 valence electrons. The minimum atomic E-state index is -1.84. The fourth-order valence-corrected chi connectivity index (χ4v) is 4.36. The number of ketones is 1. The molecule has 0 fully saturated rings. The van der Waals surface area contributed by atoms with Gasteiger partial charge < -0.3 is 14.8 Å². The highest BCUT2D eigenvalue weighted by Gasteiger charge is 2.40. The molecular weight excluding hydrogens is 530 g/mol. The Morgan fingerprint density at radius 2 is 1.27 bits per heavy atom. The van der Waals surface area contributed by atoms with Crippen LogP contribution in [0.2, 0.25) is 0 Å². The number of Topliss-reactive ketones (excluding diaryl/α,β-unsaturated/α-hetero) is 1. The van der Waals surface area contributed by atoms with Gasteiger partial charge in [0.1, 0.15) is 0 Å². The maximum absolute atomic E-state index is 13.2. The van der Waals surface area contributed by atoms with Crippen molar-refractivity contribution in [3.8, 4) is 0 Å². The molecule has 0 aliphatic carbocycles. The zero-order valence-electron chi connectivity index (χ0n) is 23.6. The summed E-state index contributed by atoms with van der Waals surface area (Å²) < 4.78 is 10.7. The van der Waals surface area contributed by atoms with Crippen LogP contribution in [0.15, 0.2) is 60.7 Å². The second-order valence-corrected chi connectivity index (χ2v) is 10.6. The molecule has 8 heteroatoms. The van der Waals surface area contributed by atoms with Crippen molar-refractivity contribution in [3.05, 3.63) is 66.2 Å². The molecule has 3 atom stereocenters. The number of unbranched alkanes of at least 4 members (excludes halogenated alkanes) is 9. The summed E-state index contributed by atoms with van der Waals surface area (Å²) >= 11 is 6.17. The number of anilines is 1. The molecule has 2 aromatic rings. The average molecular weight is 572 g/mol. The molecule has 0 saturated carbocycles. The first-order valence-corrected chi connectivity index (χ1v) is 14.7. The second-order valence-electron chi connectivity index (χ2n) is 9.90. The van der Waals surface area contributed by atoms with E-state index in [9.17, 15) is 19.2 Å². The molecule has 1 N–H and O–H groups in total. The number of hydrogen-bond donors (Lipinski definition) is 1. The van der Waals surface area contributed by atoms with Crippen LogP contribution >= 0.6 is 11.6 Å². The third-order valence-corrected chi connectivity index (χ3v) is 6.72. The number of carbonyl (C=O) groups excluding carboxylic acids is 4. The number of esters is 2. The number of alkyl halides is 1. The summed E-state index contributed by atoms with van der Waals surface area (Å²) in [4.78, 5) is 52.2. The Morgan fingerprint density at radius 3 is 1.82 bits per heavy atom. The fraction of sp³-hybridized carbons (Fsp3) is 0.500. The predicted molar refractivity (Wildman–Crippen MR) is 157 cm³/mol. The van der Waals surface area contributed by atoms with Crippen molar-refractivity contribution in [2.45, 2.75) is 89.5 Å². The van der Waals surface area contributed by atoms with Crippen molar-refractivity contribution >= 4 is 40.9 Å². The lowest BCUT2D eigenvalue weighted by atomic mass is 9.96. The summed E-state index contributed by atoms with van der Waals surface area (Å²) in [6, 6.07) is 16.4. The Kier molecular flexibility index (Phi) is 15.7. The Balaban J connectivity index is 1.93. The van der Waals surface area contributed by atoms with E-state index in [0.29, 0.717) is 12.1 Å². The van der Waals surface area contributed by atoms with Crippen LogP contribution in [0.3, 0.4) is 0 Å². The van der Waals surface area contributed by atoms with Gasteiger partial charge in [-0.3, -0.25) is 14.4 Å². The molecular formula is C32H42ClNO6. The molecule has 0 aliphatic rings. The lowest BCUT2D eigenvalue weighted by Gasteiger charge is -2.22. The molecule has 2 aromatic carbocycles. The van der Waals surface area contributed by atoms with Crippen molar-refractivity contribution in [1.29, 1.82) is 0 Å². The van der Waals surface area contributed by atoms with Crippen molar-refractivity contribution < 1.29 is 28.7 Å². The number of halogens is 1. The van der Waals surface area contributed by atoms with Crippen LogP contribution in [0.5, 0.6) is 0 Å². The van der Waals surface area contributed by atoms with Crippen LogP contribution < -0.4 is 5.32 Å². The Hall–Kier alpha value is -3.19. The van der Waals surface area contributed by atoms with E-state index in [4.69, 9.17) is 21.1 Å². The highest BCUT2D eigenvalue weighted by Crippen LogP contribution is 2.19. The van der Waals surface area contributed by atoms with Gasteiger partial charge in [0.25, 0.3) is 0 Å². The Bertz CT molecular complexity index is 1040. The van der Waals surface area contributed by atoms with Crippen LogP contribution in [0.4, 0.5) is 5.69 Å². The van der Waals surface area contributed by atoms with E-state index in [0.717, 1.165) is 19.3 Å². The highest BCUT2D eigenvalue weighted by molar-refractivity contribution is 6.25. The molecule has 0 spiro atoms. The molecule has 0 aliphatic heterocycles. The van der Waals surface area contributed by atoms with Crippen LogP contribution in [0.1, 0.15) is 88.4 Å². The SMILES string of the molecule is CCCCCCCCCCCCOC(=O)C(OC(=O)C(C(=O)Nc1ccccc1)C(=O)c1ccccc1)C(C)Cl. The first-order valence-electron chi connectivity index (χ1n) is 14.3. The van der Waals surface area contributed by atoms with Gasteiger partial charge in [-0.25, -0.2) is 4.79 Å². The summed E-state index contributed by atoms with van der Waals surface area (Å²) in [5, 5.41) is 1.63. The summed E-state index contributed by atoms with van der Waals surface area (Å²) in [7, 11) is 0. The molecule has 3 unspecified atom stereocenters. The monoisotopic (exact) mass is 571 g/mol. The smallest absolute Gasteiger partial charge is 0.349 e. The standard InChI is InChI=1S/C32H42ClNO6/c1-3-4-5-6-7-8-9-10-11-18-23-39-32(38)29(24(2)33)40-31(37)27(28(35)25-19-14-12-15-20-25)30(36)34-26-21-16-13-17-22-26/h12-17,19-22,24,27,29H,3-11,18,23H2,1-2H3,(H,34,36). The lowest BCUT2D eigenvalue weighted by molar-refractivity contribution is -0.170. The largest absolute Gasteiger partial charge is 0.463 e. The van der Waals surface area contributed by atoms with E-state index in [1.807, 2.05) is 0 Å². The zero-order chi connectivity index (χ0) is 29.2. The van der Waals surface area contributed by atoms with Crippen LogP contribution in [0.25, 0.3) is 0 Å². The number of rotatable bonds is 19. The van der Waals surface area contributed by atoms with E-state index < -0.39 is 41.0 Å². The summed E-state index contributed by atoms with van der Waals surface area (Å²) in [6.45, 7) is 3.87. The number of ether oxygens (including phenoxy) is 2. The molecule has 0 saturated heterocycles. The van der Waals surface area contributed by atoms with Crippen LogP contribution in [-0.4, -0.2) is 41.7 Å². The van der Waals surface area contributed by atoms with E-state index in [1.165, 1.54) is 57.6 Å².